The van der Waals surface area contributed by atoms with Crippen molar-refractivity contribution in [3.05, 3.63) is 57.5 Å². The molecule has 9 heteroatoms. The highest BCUT2D eigenvalue weighted by molar-refractivity contribution is 5.95. The van der Waals surface area contributed by atoms with Gasteiger partial charge in [0.25, 0.3) is 11.5 Å². The van der Waals surface area contributed by atoms with Gasteiger partial charge in [0.1, 0.15) is 18.2 Å². The van der Waals surface area contributed by atoms with Crippen LogP contribution in [0.25, 0.3) is 10.9 Å². The first-order valence-electron chi connectivity index (χ1n) is 9.68. The molecule has 3 rings (SSSR count). The minimum atomic E-state index is -0.686. The summed E-state index contributed by atoms with van der Waals surface area (Å²) in [4.78, 5) is 25.1. The maximum absolute atomic E-state index is 12.7. The van der Waals surface area contributed by atoms with Gasteiger partial charge in [-0.15, -0.1) is 10.2 Å². The monoisotopic (exact) mass is 421 g/mol. The lowest BCUT2D eigenvalue weighted by molar-refractivity contribution is -0.118. The average Bonchev–Trinajstić information content (AvgIpc) is 3.01. The highest BCUT2D eigenvalue weighted by Crippen LogP contribution is 2.40. The van der Waals surface area contributed by atoms with Gasteiger partial charge in [0.2, 0.25) is 5.88 Å². The van der Waals surface area contributed by atoms with Crippen molar-refractivity contribution in [3.8, 4) is 11.9 Å². The summed E-state index contributed by atoms with van der Waals surface area (Å²) >= 11 is 0. The number of nitrogens with zero attached hydrogens (tertiary/aromatic N) is 5. The molecule has 0 fully saturated rings. The van der Waals surface area contributed by atoms with Crippen molar-refractivity contribution < 1.29 is 14.6 Å². The molecule has 9 nitrogen and oxygen atoms in total. The Kier molecular flexibility index (Phi) is 6.32. The second kappa shape index (κ2) is 8.93. The predicted octanol–water partition coefficient (Wildman–Crippen LogP) is 3.73. The van der Waals surface area contributed by atoms with Gasteiger partial charge >= 0.3 is 0 Å². The smallest absolute Gasteiger partial charge is 0.284 e. The SMILES string of the molecule is COCc1cc(C)n(CC(=O)N=Nc2c(O)n(C(C)C)c3ccccc23)c(=O)c1C#N. The molecule has 1 N–H and O–H groups in total. The van der Waals surface area contributed by atoms with E-state index in [1.54, 1.807) is 29.7 Å². The quantitative estimate of drug-likeness (QED) is 0.608. The number of hydrogen-bond donors (Lipinski definition) is 1. The first-order valence-corrected chi connectivity index (χ1v) is 9.68. The van der Waals surface area contributed by atoms with Crippen LogP contribution in [0.2, 0.25) is 0 Å². The summed E-state index contributed by atoms with van der Waals surface area (Å²) in [6.07, 6.45) is 0. The van der Waals surface area contributed by atoms with Gasteiger partial charge in [-0.2, -0.15) is 5.26 Å². The third-order valence-electron chi connectivity index (χ3n) is 4.93. The van der Waals surface area contributed by atoms with Crippen molar-refractivity contribution in [2.24, 2.45) is 10.2 Å². The van der Waals surface area contributed by atoms with Crippen LogP contribution in [0, 0.1) is 18.3 Å². The number of hydrogen-bond acceptors (Lipinski definition) is 6. The van der Waals surface area contributed by atoms with E-state index in [2.05, 4.69) is 10.2 Å². The lowest BCUT2D eigenvalue weighted by atomic mass is 10.1. The average molecular weight is 421 g/mol. The second-order valence-electron chi connectivity index (χ2n) is 7.37. The van der Waals surface area contributed by atoms with Gasteiger partial charge in [-0.1, -0.05) is 18.2 Å². The molecule has 2 heterocycles. The Morgan fingerprint density at radius 2 is 2.03 bits per heavy atom. The zero-order valence-electron chi connectivity index (χ0n) is 17.8. The molecule has 160 valence electrons. The first-order chi connectivity index (χ1) is 14.8. The molecule has 0 aliphatic rings. The summed E-state index contributed by atoms with van der Waals surface area (Å²) in [6, 6.07) is 10.8. The number of pyridine rings is 1. The second-order valence-corrected chi connectivity index (χ2v) is 7.37. The van der Waals surface area contributed by atoms with E-state index in [-0.39, 0.29) is 36.3 Å². The van der Waals surface area contributed by atoms with E-state index >= 15 is 0 Å². The number of azo groups is 1. The fraction of sp³-hybridized carbons (Fsp3) is 0.318. The number of carbonyl (C=O) groups excluding carboxylic acids is 1. The van der Waals surface area contributed by atoms with Crippen molar-refractivity contribution >= 4 is 22.5 Å². The first kappa shape index (κ1) is 21.9. The summed E-state index contributed by atoms with van der Waals surface area (Å²) in [5.74, 6) is -0.772. The third-order valence-corrected chi connectivity index (χ3v) is 4.93. The summed E-state index contributed by atoms with van der Waals surface area (Å²) < 4.78 is 7.91. The molecular formula is C22H23N5O4. The molecule has 0 atom stereocenters. The molecule has 0 spiro atoms. The highest BCUT2D eigenvalue weighted by Gasteiger charge is 2.19. The number of fused-ring (bicyclic) bond motifs is 1. The molecule has 31 heavy (non-hydrogen) atoms. The van der Waals surface area contributed by atoms with Crippen LogP contribution in [-0.4, -0.2) is 27.3 Å². The van der Waals surface area contributed by atoms with Gasteiger partial charge in [-0.25, -0.2) is 0 Å². The largest absolute Gasteiger partial charge is 0.493 e. The number of benzene rings is 1. The van der Waals surface area contributed by atoms with Crippen LogP contribution in [0.15, 0.2) is 45.4 Å². The molecule has 0 unspecified atom stereocenters. The maximum Gasteiger partial charge on any atom is 0.284 e. The molecule has 1 aromatic carbocycles. The maximum atomic E-state index is 12.7. The molecule has 2 aromatic heterocycles. The highest BCUT2D eigenvalue weighted by atomic mass is 16.5. The van der Waals surface area contributed by atoms with E-state index in [4.69, 9.17) is 4.74 Å². The van der Waals surface area contributed by atoms with E-state index in [9.17, 15) is 20.0 Å². The lowest BCUT2D eigenvalue weighted by Crippen LogP contribution is -2.28. The van der Waals surface area contributed by atoms with Crippen LogP contribution < -0.4 is 5.56 Å². The standard InChI is InChI=1S/C22H23N5O4/c1-13(2)27-18-8-6-5-7-16(18)20(22(27)30)25-24-19(28)11-26-14(3)9-15(12-31-4)17(10-23)21(26)29/h5-9,13,30H,11-12H2,1-4H3. The summed E-state index contributed by atoms with van der Waals surface area (Å²) in [5, 5.41) is 28.3. The van der Waals surface area contributed by atoms with Crippen LogP contribution in [0.1, 0.15) is 36.7 Å². The van der Waals surface area contributed by atoms with Crippen molar-refractivity contribution in [1.82, 2.24) is 9.13 Å². The van der Waals surface area contributed by atoms with E-state index in [1.807, 2.05) is 32.0 Å². The van der Waals surface area contributed by atoms with E-state index in [1.165, 1.54) is 11.7 Å². The minimum Gasteiger partial charge on any atom is -0.493 e. The van der Waals surface area contributed by atoms with E-state index in [0.29, 0.717) is 16.6 Å². The molecule has 0 saturated carbocycles. The van der Waals surface area contributed by atoms with Crippen LogP contribution in [0.4, 0.5) is 5.69 Å². The number of rotatable bonds is 6. The number of amides is 1. The molecule has 0 radical (unpaired) electrons. The number of nitriles is 1. The van der Waals surface area contributed by atoms with Crippen LogP contribution in [-0.2, 0) is 22.7 Å². The Morgan fingerprint density at radius 1 is 1.32 bits per heavy atom. The molecule has 0 bridgehead atoms. The molecule has 0 saturated heterocycles. The number of para-hydroxylation sites is 1. The fourth-order valence-electron chi connectivity index (χ4n) is 3.55. The number of aryl methyl sites for hydroxylation is 1. The summed E-state index contributed by atoms with van der Waals surface area (Å²) in [6.45, 7) is 5.25. The van der Waals surface area contributed by atoms with Gasteiger partial charge in [0, 0.05) is 29.8 Å². The Morgan fingerprint density at radius 3 is 2.68 bits per heavy atom. The normalized spacial score (nSPS) is 11.5. The zero-order valence-corrected chi connectivity index (χ0v) is 17.8. The minimum absolute atomic E-state index is 0.0270. The van der Waals surface area contributed by atoms with Gasteiger partial charge in [0.15, 0.2) is 5.69 Å². The summed E-state index contributed by atoms with van der Waals surface area (Å²) in [7, 11) is 1.47. The zero-order chi connectivity index (χ0) is 22.7. The third kappa shape index (κ3) is 4.11. The van der Waals surface area contributed by atoms with Gasteiger partial charge < -0.3 is 19.0 Å². The topological polar surface area (TPSA) is 122 Å². The van der Waals surface area contributed by atoms with Crippen molar-refractivity contribution in [3.63, 3.8) is 0 Å². The van der Waals surface area contributed by atoms with Crippen molar-refractivity contribution in [2.45, 2.75) is 40.0 Å². The van der Waals surface area contributed by atoms with Crippen LogP contribution in [0.3, 0.4) is 0 Å². The van der Waals surface area contributed by atoms with Crippen molar-refractivity contribution in [1.29, 1.82) is 5.26 Å². The van der Waals surface area contributed by atoms with Crippen LogP contribution in [0.5, 0.6) is 5.88 Å². The fourth-order valence-corrected chi connectivity index (χ4v) is 3.55. The van der Waals surface area contributed by atoms with Gasteiger partial charge in [0.05, 0.1) is 12.1 Å². The molecule has 0 aliphatic carbocycles. The Hall–Kier alpha value is -3.77. The lowest BCUT2D eigenvalue weighted by Gasteiger charge is -2.11. The predicted molar refractivity (Wildman–Crippen MR) is 114 cm³/mol. The number of carbonyl (C=O) groups is 1. The van der Waals surface area contributed by atoms with E-state index in [0.717, 1.165) is 5.52 Å². The Balaban J connectivity index is 1.95. The summed E-state index contributed by atoms with van der Waals surface area (Å²) in [5.41, 5.74) is 1.26. The molecule has 1 amide bonds. The number of aromatic hydroxyl groups is 1. The molecule has 3 aromatic rings. The Bertz CT molecular complexity index is 1280. The number of methoxy groups -OCH3 is 1. The number of ether oxygens (including phenoxy) is 1. The van der Waals surface area contributed by atoms with Crippen molar-refractivity contribution in [2.75, 3.05) is 7.11 Å². The van der Waals surface area contributed by atoms with E-state index < -0.39 is 11.5 Å². The van der Waals surface area contributed by atoms with Gasteiger partial charge in [-0.05, 0) is 32.9 Å². The van der Waals surface area contributed by atoms with Crippen LogP contribution >= 0.6 is 0 Å². The molecular weight excluding hydrogens is 398 g/mol. The number of aromatic nitrogens is 2. The Labute approximate surface area is 178 Å². The molecule has 0 aliphatic heterocycles. The van der Waals surface area contributed by atoms with Gasteiger partial charge in [-0.3, -0.25) is 9.59 Å².